The molecule has 1 aliphatic carbocycles. The lowest BCUT2D eigenvalue weighted by Gasteiger charge is -2.52. The topological polar surface area (TPSA) is 40.5 Å². The van der Waals surface area contributed by atoms with Crippen LogP contribution in [0.5, 0.6) is 0 Å². The van der Waals surface area contributed by atoms with Crippen LogP contribution in [0.3, 0.4) is 0 Å². The third-order valence-electron chi connectivity index (χ3n) is 5.28. The molecule has 4 atom stereocenters. The quantitative estimate of drug-likeness (QED) is 0.837. The number of hydrogen-bond acceptors (Lipinski definition) is 2. The minimum absolute atomic E-state index is 0.342. The van der Waals surface area contributed by atoms with Gasteiger partial charge in [-0.25, -0.2) is 0 Å². The summed E-state index contributed by atoms with van der Waals surface area (Å²) in [6.07, 6.45) is 3.67. The van der Waals surface area contributed by atoms with E-state index in [-0.39, 0.29) is 0 Å². The van der Waals surface area contributed by atoms with Gasteiger partial charge in [0.15, 0.2) is 0 Å². The van der Waals surface area contributed by atoms with Crippen LogP contribution in [-0.4, -0.2) is 36.1 Å². The van der Waals surface area contributed by atoms with Crippen molar-refractivity contribution in [2.45, 2.75) is 39.5 Å². The lowest BCUT2D eigenvalue weighted by atomic mass is 9.59. The fourth-order valence-electron chi connectivity index (χ4n) is 4.44. The van der Waals surface area contributed by atoms with E-state index >= 15 is 0 Å². The highest BCUT2D eigenvalue weighted by atomic mass is 16.4. The summed E-state index contributed by atoms with van der Waals surface area (Å²) in [7, 11) is 2.23. The zero-order valence-corrected chi connectivity index (χ0v) is 11.9. The van der Waals surface area contributed by atoms with Crippen LogP contribution in [0, 0.1) is 29.6 Å². The maximum atomic E-state index is 10.7. The lowest BCUT2D eigenvalue weighted by molar-refractivity contribution is -0.137. The number of likely N-dealkylation sites (tertiary alicyclic amines) is 1. The van der Waals surface area contributed by atoms with Gasteiger partial charge in [-0.2, -0.15) is 0 Å². The number of aliphatic carboxylic acids is 1. The van der Waals surface area contributed by atoms with E-state index < -0.39 is 5.97 Å². The molecular formula is C15H27NO2. The summed E-state index contributed by atoms with van der Waals surface area (Å²) in [5, 5.41) is 8.78. The predicted octanol–water partition coefficient (Wildman–Crippen LogP) is 2.71. The third-order valence-corrected chi connectivity index (χ3v) is 5.28. The second kappa shape index (κ2) is 5.60. The van der Waals surface area contributed by atoms with Crippen molar-refractivity contribution < 1.29 is 9.90 Å². The molecule has 2 rings (SSSR count). The molecule has 1 N–H and O–H groups in total. The van der Waals surface area contributed by atoms with Crippen LogP contribution < -0.4 is 0 Å². The highest BCUT2D eigenvalue weighted by Gasteiger charge is 2.44. The van der Waals surface area contributed by atoms with Gasteiger partial charge in [0.05, 0.1) is 0 Å². The minimum Gasteiger partial charge on any atom is -0.481 e. The van der Waals surface area contributed by atoms with Crippen LogP contribution in [0.1, 0.15) is 39.5 Å². The Balaban J connectivity index is 2.00. The first-order valence-electron chi connectivity index (χ1n) is 7.39. The van der Waals surface area contributed by atoms with Gasteiger partial charge in [0.1, 0.15) is 0 Å². The van der Waals surface area contributed by atoms with Crippen LogP contribution in [-0.2, 0) is 4.79 Å². The standard InChI is InChI=1S/C15H27NO2/c1-10-7-11(2)14-9-16(3)8-13(10)12(14)5-4-6-15(17)18/h10-14H,4-9H2,1-3H3,(H,17,18). The summed E-state index contributed by atoms with van der Waals surface area (Å²) in [4.78, 5) is 13.1. The maximum Gasteiger partial charge on any atom is 0.303 e. The van der Waals surface area contributed by atoms with Crippen LogP contribution in [0.15, 0.2) is 0 Å². The van der Waals surface area contributed by atoms with E-state index in [0.717, 1.165) is 42.4 Å². The van der Waals surface area contributed by atoms with Gasteiger partial charge in [-0.3, -0.25) is 4.79 Å². The van der Waals surface area contributed by atoms with Crippen molar-refractivity contribution in [1.29, 1.82) is 0 Å². The van der Waals surface area contributed by atoms with Crippen molar-refractivity contribution in [2.24, 2.45) is 29.6 Å². The molecule has 104 valence electrons. The highest BCUT2D eigenvalue weighted by molar-refractivity contribution is 5.66. The number of rotatable bonds is 4. The smallest absolute Gasteiger partial charge is 0.303 e. The molecule has 1 saturated heterocycles. The van der Waals surface area contributed by atoms with Gasteiger partial charge in [-0.1, -0.05) is 13.8 Å². The molecule has 0 spiro atoms. The van der Waals surface area contributed by atoms with Crippen LogP contribution in [0.25, 0.3) is 0 Å². The number of hydrogen-bond donors (Lipinski definition) is 1. The summed E-state index contributed by atoms with van der Waals surface area (Å²) in [6, 6.07) is 0. The van der Waals surface area contributed by atoms with Crippen molar-refractivity contribution in [2.75, 3.05) is 20.1 Å². The van der Waals surface area contributed by atoms with Gasteiger partial charge < -0.3 is 10.0 Å². The molecule has 2 fully saturated rings. The Hall–Kier alpha value is -0.570. The maximum absolute atomic E-state index is 10.7. The van der Waals surface area contributed by atoms with Gasteiger partial charge in [0.2, 0.25) is 0 Å². The van der Waals surface area contributed by atoms with Crippen molar-refractivity contribution >= 4 is 5.97 Å². The van der Waals surface area contributed by atoms with E-state index in [1.54, 1.807) is 0 Å². The summed E-state index contributed by atoms with van der Waals surface area (Å²) >= 11 is 0. The number of carboxylic acid groups (broad SMARTS) is 1. The monoisotopic (exact) mass is 253 g/mol. The van der Waals surface area contributed by atoms with E-state index in [1.807, 2.05) is 0 Å². The van der Waals surface area contributed by atoms with Gasteiger partial charge >= 0.3 is 5.97 Å². The van der Waals surface area contributed by atoms with E-state index in [9.17, 15) is 4.79 Å². The van der Waals surface area contributed by atoms with Crippen molar-refractivity contribution in [3.05, 3.63) is 0 Å². The number of piperidine rings is 1. The molecule has 3 nitrogen and oxygen atoms in total. The fraction of sp³-hybridized carbons (Fsp3) is 0.933. The first kappa shape index (κ1) is 13.9. The van der Waals surface area contributed by atoms with Crippen LogP contribution in [0.4, 0.5) is 0 Å². The first-order chi connectivity index (χ1) is 8.49. The Kier molecular flexibility index (Phi) is 4.31. The molecule has 1 saturated carbocycles. The van der Waals surface area contributed by atoms with Crippen LogP contribution >= 0.6 is 0 Å². The second-order valence-electron chi connectivity index (χ2n) is 6.69. The summed E-state index contributed by atoms with van der Waals surface area (Å²) in [5.41, 5.74) is 0. The fourth-order valence-corrected chi connectivity index (χ4v) is 4.44. The zero-order valence-electron chi connectivity index (χ0n) is 11.9. The Morgan fingerprint density at radius 1 is 1.22 bits per heavy atom. The molecule has 0 amide bonds. The Morgan fingerprint density at radius 2 is 1.78 bits per heavy atom. The van der Waals surface area contributed by atoms with Gasteiger partial charge in [0.25, 0.3) is 0 Å². The van der Waals surface area contributed by atoms with Crippen LogP contribution in [0.2, 0.25) is 0 Å². The molecule has 1 heterocycles. The number of fused-ring (bicyclic) bond motifs is 2. The molecule has 0 aromatic rings. The van der Waals surface area contributed by atoms with Gasteiger partial charge in [-0.15, -0.1) is 0 Å². The minimum atomic E-state index is -0.644. The average molecular weight is 253 g/mol. The van der Waals surface area contributed by atoms with Crippen molar-refractivity contribution in [3.8, 4) is 0 Å². The lowest BCUT2D eigenvalue weighted by Crippen LogP contribution is -2.52. The molecule has 18 heavy (non-hydrogen) atoms. The predicted molar refractivity (Wildman–Crippen MR) is 72.4 cm³/mol. The molecule has 0 aromatic carbocycles. The number of nitrogens with zero attached hydrogens (tertiary/aromatic N) is 1. The zero-order chi connectivity index (χ0) is 13.3. The third kappa shape index (κ3) is 2.87. The van der Waals surface area contributed by atoms with Gasteiger partial charge in [-0.05, 0) is 55.9 Å². The second-order valence-corrected chi connectivity index (χ2v) is 6.69. The van der Waals surface area contributed by atoms with Crippen molar-refractivity contribution in [3.63, 3.8) is 0 Å². The molecule has 0 radical (unpaired) electrons. The van der Waals surface area contributed by atoms with Crippen molar-refractivity contribution in [1.82, 2.24) is 4.90 Å². The average Bonchev–Trinajstić information content (AvgIpc) is 2.27. The summed E-state index contributed by atoms with van der Waals surface area (Å²) in [5.74, 6) is 3.30. The molecule has 1 aliphatic heterocycles. The molecule has 0 aromatic heterocycles. The normalized spacial score (nSPS) is 40.7. The Labute approximate surface area is 111 Å². The number of carboxylic acids is 1. The molecule has 2 bridgehead atoms. The first-order valence-corrected chi connectivity index (χ1v) is 7.39. The largest absolute Gasteiger partial charge is 0.481 e. The molecule has 2 aliphatic rings. The SMILES string of the molecule is CC1CC(C)C2CN(C)CC1C2CCCC(=O)O. The summed E-state index contributed by atoms with van der Waals surface area (Å²) < 4.78 is 0. The van der Waals surface area contributed by atoms with E-state index in [2.05, 4.69) is 25.8 Å². The molecule has 4 unspecified atom stereocenters. The van der Waals surface area contributed by atoms with E-state index in [0.29, 0.717) is 6.42 Å². The van der Waals surface area contributed by atoms with E-state index in [4.69, 9.17) is 5.11 Å². The molecular weight excluding hydrogens is 226 g/mol. The highest BCUT2D eigenvalue weighted by Crippen LogP contribution is 2.47. The Morgan fingerprint density at radius 3 is 2.28 bits per heavy atom. The van der Waals surface area contributed by atoms with Gasteiger partial charge in [0, 0.05) is 19.5 Å². The summed E-state index contributed by atoms with van der Waals surface area (Å²) in [6.45, 7) is 7.20. The number of carbonyl (C=O) groups is 1. The molecule has 3 heteroatoms. The Bertz CT molecular complexity index is 287. The van der Waals surface area contributed by atoms with E-state index in [1.165, 1.54) is 19.5 Å².